The second-order valence-corrected chi connectivity index (χ2v) is 7.28. The first-order chi connectivity index (χ1) is 14.5. The number of nitrogens with zero attached hydrogens (tertiary/aromatic N) is 1. The Bertz CT molecular complexity index is 1080. The van der Waals surface area contributed by atoms with Crippen LogP contribution in [0.2, 0.25) is 10.0 Å². The Hall–Kier alpha value is -3.02. The Morgan fingerprint density at radius 2 is 1.83 bits per heavy atom. The summed E-state index contributed by atoms with van der Waals surface area (Å²) >= 11 is 12.0. The topological polar surface area (TPSA) is 59.9 Å². The number of hydrazone groups is 1. The van der Waals surface area contributed by atoms with Crippen LogP contribution in [-0.4, -0.2) is 19.2 Å². The van der Waals surface area contributed by atoms with Gasteiger partial charge in [-0.25, -0.2) is 5.43 Å². The third kappa shape index (κ3) is 5.53. The van der Waals surface area contributed by atoms with E-state index < -0.39 is 0 Å². The van der Waals surface area contributed by atoms with Gasteiger partial charge in [-0.2, -0.15) is 5.10 Å². The molecule has 0 bridgehead atoms. The van der Waals surface area contributed by atoms with E-state index in [1.165, 1.54) is 0 Å². The van der Waals surface area contributed by atoms with E-state index in [4.69, 9.17) is 32.7 Å². The number of nitrogens with one attached hydrogen (secondary N) is 1. The highest BCUT2D eigenvalue weighted by Gasteiger charge is 2.08. The zero-order valence-corrected chi connectivity index (χ0v) is 18.0. The van der Waals surface area contributed by atoms with Crippen LogP contribution in [0.4, 0.5) is 0 Å². The molecule has 1 amide bonds. The predicted octanol–water partition coefficient (Wildman–Crippen LogP) is 5.65. The Morgan fingerprint density at radius 3 is 2.57 bits per heavy atom. The fourth-order valence-corrected chi connectivity index (χ4v) is 3.05. The van der Waals surface area contributed by atoms with Crippen molar-refractivity contribution in [1.82, 2.24) is 5.43 Å². The van der Waals surface area contributed by atoms with Crippen molar-refractivity contribution in [1.29, 1.82) is 0 Å². The molecule has 0 saturated carbocycles. The molecule has 0 heterocycles. The smallest absolute Gasteiger partial charge is 0.271 e. The van der Waals surface area contributed by atoms with Gasteiger partial charge in [0.25, 0.3) is 5.91 Å². The van der Waals surface area contributed by atoms with Gasteiger partial charge in [-0.3, -0.25) is 4.79 Å². The van der Waals surface area contributed by atoms with Gasteiger partial charge >= 0.3 is 0 Å². The molecule has 0 aliphatic carbocycles. The number of benzene rings is 3. The molecule has 5 nitrogen and oxygen atoms in total. The molecule has 1 N–H and O–H groups in total. The van der Waals surface area contributed by atoms with E-state index in [0.29, 0.717) is 33.7 Å². The quantitative estimate of drug-likeness (QED) is 0.379. The number of halogens is 2. The van der Waals surface area contributed by atoms with Gasteiger partial charge in [0.1, 0.15) is 6.61 Å². The predicted molar refractivity (Wildman–Crippen MR) is 120 cm³/mol. The number of hydrogen-bond acceptors (Lipinski definition) is 4. The number of amides is 1. The molecule has 0 aromatic heterocycles. The van der Waals surface area contributed by atoms with Crippen LogP contribution in [0.25, 0.3) is 0 Å². The number of aryl methyl sites for hydroxylation is 1. The number of methoxy groups -OCH3 is 1. The van der Waals surface area contributed by atoms with E-state index in [1.54, 1.807) is 43.7 Å². The molecule has 154 valence electrons. The van der Waals surface area contributed by atoms with Gasteiger partial charge in [-0.1, -0.05) is 47.5 Å². The molecule has 0 spiro atoms. The first kappa shape index (κ1) is 21.7. The largest absolute Gasteiger partial charge is 0.493 e. The minimum atomic E-state index is -0.266. The number of rotatable bonds is 7. The molecule has 0 aliphatic heterocycles. The van der Waals surface area contributed by atoms with Crippen molar-refractivity contribution in [2.24, 2.45) is 5.10 Å². The van der Waals surface area contributed by atoms with E-state index in [2.05, 4.69) is 10.5 Å². The summed E-state index contributed by atoms with van der Waals surface area (Å²) in [6.07, 6.45) is 1.54. The van der Waals surface area contributed by atoms with Crippen molar-refractivity contribution in [3.05, 3.63) is 93.0 Å². The number of carbonyl (C=O) groups is 1. The summed E-state index contributed by atoms with van der Waals surface area (Å²) in [6.45, 7) is 2.19. The number of hydrogen-bond donors (Lipinski definition) is 1. The minimum absolute atomic E-state index is 0.266. The zero-order chi connectivity index (χ0) is 21.5. The van der Waals surface area contributed by atoms with Crippen molar-refractivity contribution in [3.63, 3.8) is 0 Å². The lowest BCUT2D eigenvalue weighted by Gasteiger charge is -2.12. The summed E-state index contributed by atoms with van der Waals surface area (Å²) < 4.78 is 11.2. The average molecular weight is 443 g/mol. The summed E-state index contributed by atoms with van der Waals surface area (Å²) in [5.74, 6) is 0.854. The fourth-order valence-electron chi connectivity index (χ4n) is 2.73. The Kier molecular flexibility index (Phi) is 7.33. The molecule has 3 rings (SSSR count). The van der Waals surface area contributed by atoms with Gasteiger partial charge in [-0.05, 0) is 60.0 Å². The van der Waals surface area contributed by atoms with Crippen molar-refractivity contribution < 1.29 is 14.3 Å². The van der Waals surface area contributed by atoms with Crippen LogP contribution < -0.4 is 14.9 Å². The van der Waals surface area contributed by atoms with Crippen LogP contribution in [0.5, 0.6) is 11.5 Å². The average Bonchev–Trinajstić information content (AvgIpc) is 2.75. The third-order valence-corrected chi connectivity index (χ3v) is 5.07. The van der Waals surface area contributed by atoms with Crippen LogP contribution >= 0.6 is 23.2 Å². The lowest BCUT2D eigenvalue weighted by atomic mass is 10.1. The number of carbonyl (C=O) groups excluding carboxylic acids is 1. The van der Waals surface area contributed by atoms with Crippen molar-refractivity contribution in [2.75, 3.05) is 7.11 Å². The van der Waals surface area contributed by atoms with Gasteiger partial charge < -0.3 is 9.47 Å². The minimum Gasteiger partial charge on any atom is -0.493 e. The van der Waals surface area contributed by atoms with E-state index in [0.717, 1.165) is 16.7 Å². The highest BCUT2D eigenvalue weighted by molar-refractivity contribution is 6.42. The van der Waals surface area contributed by atoms with Crippen LogP contribution in [0.3, 0.4) is 0 Å². The SMILES string of the molecule is COc1cc(/C=N/NC(=O)c2ccccc2C)ccc1OCc1ccc(Cl)c(Cl)c1. The molecule has 0 unspecified atom stereocenters. The van der Waals surface area contributed by atoms with E-state index in [-0.39, 0.29) is 5.91 Å². The molecule has 7 heteroatoms. The monoisotopic (exact) mass is 442 g/mol. The number of ether oxygens (including phenoxy) is 2. The molecular weight excluding hydrogens is 423 g/mol. The maximum Gasteiger partial charge on any atom is 0.271 e. The van der Waals surface area contributed by atoms with Gasteiger partial charge in [0.05, 0.1) is 23.4 Å². The summed E-state index contributed by atoms with van der Waals surface area (Å²) in [7, 11) is 1.56. The lowest BCUT2D eigenvalue weighted by molar-refractivity contribution is 0.0954. The zero-order valence-electron chi connectivity index (χ0n) is 16.5. The van der Waals surface area contributed by atoms with Crippen molar-refractivity contribution >= 4 is 35.3 Å². The fraction of sp³-hybridized carbons (Fsp3) is 0.130. The second kappa shape index (κ2) is 10.1. The molecule has 3 aromatic rings. The van der Waals surface area contributed by atoms with Gasteiger partial charge in [0.2, 0.25) is 0 Å². The lowest BCUT2D eigenvalue weighted by Crippen LogP contribution is -2.18. The Balaban J connectivity index is 1.64. The molecule has 0 fully saturated rings. The van der Waals surface area contributed by atoms with E-state index >= 15 is 0 Å². The van der Waals surface area contributed by atoms with Crippen LogP contribution in [-0.2, 0) is 6.61 Å². The van der Waals surface area contributed by atoms with Crippen molar-refractivity contribution in [3.8, 4) is 11.5 Å². The molecule has 0 saturated heterocycles. The van der Waals surface area contributed by atoms with Gasteiger partial charge in [0.15, 0.2) is 11.5 Å². The highest BCUT2D eigenvalue weighted by atomic mass is 35.5. The molecule has 0 aliphatic rings. The van der Waals surface area contributed by atoms with Crippen LogP contribution in [0, 0.1) is 6.92 Å². The third-order valence-electron chi connectivity index (χ3n) is 4.34. The first-order valence-corrected chi connectivity index (χ1v) is 9.87. The van der Waals surface area contributed by atoms with E-state index in [9.17, 15) is 4.79 Å². The van der Waals surface area contributed by atoms with E-state index in [1.807, 2.05) is 37.3 Å². The molecule has 30 heavy (non-hydrogen) atoms. The summed E-state index contributed by atoms with van der Waals surface area (Å²) in [6, 6.07) is 18.0. The second-order valence-electron chi connectivity index (χ2n) is 6.46. The normalized spacial score (nSPS) is 10.8. The maximum absolute atomic E-state index is 12.2. The Morgan fingerprint density at radius 1 is 1.03 bits per heavy atom. The first-order valence-electron chi connectivity index (χ1n) is 9.11. The van der Waals surface area contributed by atoms with Crippen LogP contribution in [0.15, 0.2) is 65.8 Å². The summed E-state index contributed by atoms with van der Waals surface area (Å²) in [5.41, 5.74) is 5.63. The Labute approximate surface area is 185 Å². The molecule has 0 radical (unpaired) electrons. The summed E-state index contributed by atoms with van der Waals surface area (Å²) in [5, 5.41) is 5.00. The van der Waals surface area contributed by atoms with Crippen LogP contribution in [0.1, 0.15) is 27.0 Å². The van der Waals surface area contributed by atoms with Gasteiger partial charge in [0, 0.05) is 5.56 Å². The summed E-state index contributed by atoms with van der Waals surface area (Å²) in [4.78, 5) is 12.2. The molecular formula is C23H20Cl2N2O3. The van der Waals surface area contributed by atoms with Gasteiger partial charge in [-0.15, -0.1) is 0 Å². The van der Waals surface area contributed by atoms with Crippen molar-refractivity contribution in [2.45, 2.75) is 13.5 Å². The molecule has 3 aromatic carbocycles. The maximum atomic E-state index is 12.2. The highest BCUT2D eigenvalue weighted by Crippen LogP contribution is 2.29. The standard InChI is InChI=1S/C23H20Cl2N2O3/c1-15-5-3-4-6-18(15)23(28)27-26-13-16-8-10-21(22(12-16)29-2)30-14-17-7-9-19(24)20(25)11-17/h3-13H,14H2,1-2H3,(H,27,28)/b26-13+. The molecule has 0 atom stereocenters.